The summed E-state index contributed by atoms with van der Waals surface area (Å²) in [4.78, 5) is 22.5. The Morgan fingerprint density at radius 2 is 1.79 bits per heavy atom. The van der Waals surface area contributed by atoms with Crippen LogP contribution in [-0.2, 0) is 11.3 Å². The number of likely N-dealkylation sites (tertiary alicyclic amines) is 1. The Labute approximate surface area is 202 Å². The molecule has 0 unspecified atom stereocenters. The molecule has 34 heavy (non-hydrogen) atoms. The minimum absolute atomic E-state index is 0.116. The Morgan fingerprint density at radius 1 is 1.09 bits per heavy atom. The van der Waals surface area contributed by atoms with E-state index in [1.54, 1.807) is 14.2 Å². The van der Waals surface area contributed by atoms with E-state index >= 15 is 0 Å². The molecule has 2 heterocycles. The van der Waals surface area contributed by atoms with Crippen LogP contribution in [0.5, 0.6) is 11.5 Å². The van der Waals surface area contributed by atoms with Gasteiger partial charge in [0.25, 0.3) is 0 Å². The topological polar surface area (TPSA) is 80.9 Å². The number of hydrogen-bond donors (Lipinski definition) is 0. The van der Waals surface area contributed by atoms with Crippen molar-refractivity contribution in [1.29, 1.82) is 0 Å². The number of rotatable bonds is 8. The minimum atomic E-state index is 0.116. The fraction of sp³-hybridized carbons (Fsp3) is 0.654. The Balaban J connectivity index is 1.33. The Hall–Kier alpha value is -2.61. The van der Waals surface area contributed by atoms with Gasteiger partial charge in [0.05, 0.1) is 20.8 Å². The van der Waals surface area contributed by atoms with Crippen molar-refractivity contribution < 1.29 is 18.8 Å². The molecular formula is C26H38N4O4. The van der Waals surface area contributed by atoms with Gasteiger partial charge in [-0.3, -0.25) is 9.69 Å². The highest BCUT2D eigenvalue weighted by atomic mass is 16.5. The molecule has 2 aliphatic rings. The van der Waals surface area contributed by atoms with Crippen molar-refractivity contribution in [2.75, 3.05) is 27.3 Å². The molecule has 2 fully saturated rings. The second-order valence-corrected chi connectivity index (χ2v) is 9.76. The molecule has 2 aromatic rings. The van der Waals surface area contributed by atoms with E-state index in [-0.39, 0.29) is 12.0 Å². The van der Waals surface area contributed by atoms with Crippen LogP contribution < -0.4 is 9.47 Å². The Morgan fingerprint density at radius 3 is 2.44 bits per heavy atom. The maximum atomic E-state index is 13.4. The number of aromatic nitrogens is 2. The van der Waals surface area contributed by atoms with Crippen LogP contribution in [0, 0.1) is 5.92 Å². The number of hydrogen-bond acceptors (Lipinski definition) is 7. The van der Waals surface area contributed by atoms with E-state index in [1.807, 2.05) is 18.2 Å². The number of amides is 1. The number of methoxy groups -OCH3 is 2. The summed E-state index contributed by atoms with van der Waals surface area (Å²) in [6.07, 6.45) is 7.87. The maximum absolute atomic E-state index is 13.4. The van der Waals surface area contributed by atoms with Gasteiger partial charge in [-0.25, -0.2) is 0 Å². The number of ether oxygens (including phenoxy) is 2. The molecule has 1 aromatic heterocycles. The van der Waals surface area contributed by atoms with Crippen molar-refractivity contribution in [1.82, 2.24) is 19.9 Å². The average molecular weight is 471 g/mol. The van der Waals surface area contributed by atoms with Gasteiger partial charge in [0.1, 0.15) is 0 Å². The Bertz CT molecular complexity index is 946. The molecule has 1 aliphatic heterocycles. The summed E-state index contributed by atoms with van der Waals surface area (Å²) < 4.78 is 16.2. The van der Waals surface area contributed by atoms with Gasteiger partial charge >= 0.3 is 0 Å². The lowest BCUT2D eigenvalue weighted by molar-refractivity contribution is -0.142. The molecule has 8 nitrogen and oxygen atoms in total. The third-order valence-electron chi connectivity index (χ3n) is 7.18. The fourth-order valence-electron chi connectivity index (χ4n) is 5.37. The smallest absolute Gasteiger partial charge is 0.241 e. The summed E-state index contributed by atoms with van der Waals surface area (Å²) in [5.74, 6) is 2.87. The van der Waals surface area contributed by atoms with Crippen LogP contribution in [0.15, 0.2) is 22.7 Å². The largest absolute Gasteiger partial charge is 0.493 e. The predicted molar refractivity (Wildman–Crippen MR) is 130 cm³/mol. The van der Waals surface area contributed by atoms with Gasteiger partial charge in [0.15, 0.2) is 11.5 Å². The minimum Gasteiger partial charge on any atom is -0.493 e. The van der Waals surface area contributed by atoms with E-state index in [1.165, 1.54) is 19.3 Å². The summed E-state index contributed by atoms with van der Waals surface area (Å²) in [7, 11) is 3.21. The monoisotopic (exact) mass is 470 g/mol. The molecule has 0 N–H and O–H groups in total. The SMILES string of the molecule is COc1ccc(-c2noc(CN3CCC(C(=O)N(C(C)C)C4CCCCC4)CC3)n2)cc1OC. The summed E-state index contributed by atoms with van der Waals surface area (Å²) in [5.41, 5.74) is 0.813. The van der Waals surface area contributed by atoms with E-state index in [2.05, 4.69) is 33.8 Å². The zero-order chi connectivity index (χ0) is 24.1. The normalized spacial score (nSPS) is 18.3. The van der Waals surface area contributed by atoms with Crippen LogP contribution in [0.1, 0.15) is 64.7 Å². The lowest BCUT2D eigenvalue weighted by Crippen LogP contribution is -2.50. The summed E-state index contributed by atoms with van der Waals surface area (Å²) >= 11 is 0. The van der Waals surface area contributed by atoms with Crippen LogP contribution >= 0.6 is 0 Å². The highest BCUT2D eigenvalue weighted by Gasteiger charge is 2.34. The molecule has 1 saturated carbocycles. The summed E-state index contributed by atoms with van der Waals surface area (Å²) in [5, 5.41) is 4.15. The third-order valence-corrected chi connectivity index (χ3v) is 7.18. The highest BCUT2D eigenvalue weighted by molar-refractivity contribution is 5.79. The molecule has 1 aromatic carbocycles. The van der Waals surface area contributed by atoms with E-state index in [0.717, 1.165) is 44.3 Å². The van der Waals surface area contributed by atoms with Gasteiger partial charge in [-0.05, 0) is 70.8 Å². The predicted octanol–water partition coefficient (Wildman–Crippen LogP) is 4.54. The van der Waals surface area contributed by atoms with Crippen molar-refractivity contribution in [3.8, 4) is 22.9 Å². The lowest BCUT2D eigenvalue weighted by atomic mass is 9.89. The maximum Gasteiger partial charge on any atom is 0.241 e. The summed E-state index contributed by atoms with van der Waals surface area (Å²) in [6.45, 7) is 6.64. The molecule has 0 spiro atoms. The fourth-order valence-corrected chi connectivity index (χ4v) is 5.37. The van der Waals surface area contributed by atoms with Crippen molar-refractivity contribution in [2.24, 2.45) is 5.92 Å². The first-order chi connectivity index (χ1) is 16.5. The van der Waals surface area contributed by atoms with Gasteiger partial charge in [0.2, 0.25) is 17.6 Å². The lowest BCUT2D eigenvalue weighted by Gasteiger charge is -2.41. The summed E-state index contributed by atoms with van der Waals surface area (Å²) in [6, 6.07) is 6.26. The van der Waals surface area contributed by atoms with Gasteiger partial charge < -0.3 is 18.9 Å². The average Bonchev–Trinajstić information content (AvgIpc) is 3.33. The molecular weight excluding hydrogens is 432 g/mol. The first kappa shape index (κ1) is 24.5. The number of carbonyl (C=O) groups is 1. The molecule has 8 heteroatoms. The second kappa shape index (κ2) is 11.2. The molecule has 1 aliphatic carbocycles. The van der Waals surface area contributed by atoms with Crippen molar-refractivity contribution >= 4 is 5.91 Å². The first-order valence-electron chi connectivity index (χ1n) is 12.6. The number of piperidine rings is 1. The van der Waals surface area contributed by atoms with E-state index in [9.17, 15) is 4.79 Å². The van der Waals surface area contributed by atoms with Gasteiger partial charge in [0, 0.05) is 23.6 Å². The van der Waals surface area contributed by atoms with E-state index in [0.29, 0.717) is 41.7 Å². The third kappa shape index (κ3) is 5.54. The molecule has 0 radical (unpaired) electrons. The van der Waals surface area contributed by atoms with Crippen LogP contribution in [-0.4, -0.2) is 65.2 Å². The standard InChI is InChI=1S/C26H38N4O4/c1-18(2)30(21-8-6-5-7-9-21)26(31)19-12-14-29(15-13-19)17-24-27-25(28-34-24)20-10-11-22(32-3)23(16-20)33-4/h10-11,16,18-19,21H,5-9,12-15,17H2,1-4H3. The second-order valence-electron chi connectivity index (χ2n) is 9.76. The number of carbonyl (C=O) groups excluding carboxylic acids is 1. The van der Waals surface area contributed by atoms with E-state index in [4.69, 9.17) is 14.0 Å². The molecule has 1 saturated heterocycles. The highest BCUT2D eigenvalue weighted by Crippen LogP contribution is 2.32. The number of benzene rings is 1. The van der Waals surface area contributed by atoms with Gasteiger partial charge in [-0.1, -0.05) is 24.4 Å². The number of nitrogens with zero attached hydrogens (tertiary/aromatic N) is 4. The quantitative estimate of drug-likeness (QED) is 0.560. The van der Waals surface area contributed by atoms with Crippen LogP contribution in [0.2, 0.25) is 0 Å². The molecule has 1 amide bonds. The van der Waals surface area contributed by atoms with Crippen LogP contribution in [0.25, 0.3) is 11.4 Å². The van der Waals surface area contributed by atoms with Crippen LogP contribution in [0.3, 0.4) is 0 Å². The Kier molecular flexibility index (Phi) is 8.08. The molecule has 0 atom stereocenters. The molecule has 186 valence electrons. The molecule has 0 bridgehead atoms. The zero-order valence-corrected chi connectivity index (χ0v) is 21.0. The first-order valence-corrected chi connectivity index (χ1v) is 12.6. The van der Waals surface area contributed by atoms with Gasteiger partial charge in [-0.15, -0.1) is 0 Å². The molecule has 4 rings (SSSR count). The van der Waals surface area contributed by atoms with Crippen molar-refractivity contribution in [3.63, 3.8) is 0 Å². The van der Waals surface area contributed by atoms with Crippen LogP contribution in [0.4, 0.5) is 0 Å². The van der Waals surface area contributed by atoms with Crippen molar-refractivity contribution in [3.05, 3.63) is 24.1 Å². The van der Waals surface area contributed by atoms with Crippen molar-refractivity contribution in [2.45, 2.75) is 77.4 Å². The van der Waals surface area contributed by atoms with E-state index < -0.39 is 0 Å². The zero-order valence-electron chi connectivity index (χ0n) is 21.0. The van der Waals surface area contributed by atoms with Gasteiger partial charge in [-0.2, -0.15) is 4.98 Å².